The Hall–Kier alpha value is -1.83. The van der Waals surface area contributed by atoms with Crippen LogP contribution in [0.15, 0.2) is 5.11 Å². The normalized spacial score (nSPS) is 9.58. The summed E-state index contributed by atoms with van der Waals surface area (Å²) in [6, 6.07) is 0. The molecule has 19 heavy (non-hydrogen) atoms. The quantitative estimate of drug-likeness (QED) is 0.232. The summed E-state index contributed by atoms with van der Waals surface area (Å²) in [5, 5.41) is 8.64. The molecule has 0 atom stereocenters. The molecule has 0 bridgehead atoms. The number of carbonyl (C=O) groups is 2. The Balaban J connectivity index is 3.58. The van der Waals surface area contributed by atoms with E-state index >= 15 is 0 Å². The molecule has 0 saturated carbocycles. The van der Waals surface area contributed by atoms with Crippen LogP contribution < -0.4 is 10.6 Å². The lowest BCUT2D eigenvalue weighted by atomic mass is 10.4. The van der Waals surface area contributed by atoms with Gasteiger partial charge in [0.2, 0.25) is 11.8 Å². The molecule has 2 amide bonds. The van der Waals surface area contributed by atoms with E-state index in [4.69, 9.17) is 10.3 Å². The fourth-order valence-corrected chi connectivity index (χ4v) is 1.16. The first-order valence-electron chi connectivity index (χ1n) is 5.85. The maximum absolute atomic E-state index is 11.4. The highest BCUT2D eigenvalue weighted by atomic mass is 16.5. The van der Waals surface area contributed by atoms with Crippen molar-refractivity contribution < 1.29 is 14.3 Å². The second kappa shape index (κ2) is 11.3. The third kappa shape index (κ3) is 9.83. The summed E-state index contributed by atoms with van der Waals surface area (Å²) < 4.78 is 5.11. The van der Waals surface area contributed by atoms with Crippen molar-refractivity contribution in [2.75, 3.05) is 53.5 Å². The number of nitrogens with one attached hydrogen (secondary N) is 2. The number of hydrogen-bond acceptors (Lipinski definition) is 5. The molecule has 0 heterocycles. The standard InChI is InChI=1S/C10H20N6O3/c1-12-7-10(18)16(2)8-9(17)13-3-5-19-6-4-14-15-11/h12H,3-8H2,1-2H3,(H,13,17). The van der Waals surface area contributed by atoms with E-state index in [2.05, 4.69) is 20.7 Å². The molecule has 0 radical (unpaired) electrons. The molecule has 0 aliphatic carbocycles. The number of ether oxygens (including phenoxy) is 1. The Labute approximate surface area is 111 Å². The molecular formula is C10H20N6O3. The van der Waals surface area contributed by atoms with E-state index in [-0.39, 0.29) is 31.4 Å². The van der Waals surface area contributed by atoms with Crippen LogP contribution in [-0.2, 0) is 14.3 Å². The van der Waals surface area contributed by atoms with Gasteiger partial charge in [0.25, 0.3) is 0 Å². The predicted octanol–water partition coefficient (Wildman–Crippen LogP) is -0.893. The fourth-order valence-electron chi connectivity index (χ4n) is 1.16. The highest BCUT2D eigenvalue weighted by Gasteiger charge is 2.11. The molecule has 0 aromatic rings. The van der Waals surface area contributed by atoms with Crippen molar-refractivity contribution >= 4 is 11.8 Å². The van der Waals surface area contributed by atoms with E-state index in [9.17, 15) is 9.59 Å². The lowest BCUT2D eigenvalue weighted by Gasteiger charge is -2.16. The van der Waals surface area contributed by atoms with Crippen LogP contribution in [0.5, 0.6) is 0 Å². The van der Waals surface area contributed by atoms with E-state index in [0.717, 1.165) is 0 Å². The minimum Gasteiger partial charge on any atom is -0.379 e. The van der Waals surface area contributed by atoms with Crippen LogP contribution in [0, 0.1) is 0 Å². The third-order valence-corrected chi connectivity index (χ3v) is 2.10. The number of azide groups is 1. The van der Waals surface area contributed by atoms with Gasteiger partial charge in [-0.2, -0.15) is 0 Å². The molecular weight excluding hydrogens is 252 g/mol. The van der Waals surface area contributed by atoms with Gasteiger partial charge in [-0.25, -0.2) is 0 Å². The molecule has 0 aromatic carbocycles. The average molecular weight is 272 g/mol. The van der Waals surface area contributed by atoms with E-state index in [1.165, 1.54) is 4.90 Å². The first-order chi connectivity index (χ1) is 9.11. The Bertz CT molecular complexity index is 329. The predicted molar refractivity (Wildman–Crippen MR) is 69.4 cm³/mol. The van der Waals surface area contributed by atoms with Gasteiger partial charge >= 0.3 is 0 Å². The zero-order valence-corrected chi connectivity index (χ0v) is 11.3. The Morgan fingerprint density at radius 3 is 2.79 bits per heavy atom. The summed E-state index contributed by atoms with van der Waals surface area (Å²) in [6.45, 7) is 1.49. The van der Waals surface area contributed by atoms with Crippen molar-refractivity contribution in [3.05, 3.63) is 10.4 Å². The van der Waals surface area contributed by atoms with Crippen molar-refractivity contribution in [2.45, 2.75) is 0 Å². The van der Waals surface area contributed by atoms with Crippen LogP contribution in [0.2, 0.25) is 0 Å². The van der Waals surface area contributed by atoms with Crippen LogP contribution in [0.25, 0.3) is 10.4 Å². The first kappa shape index (κ1) is 17.2. The monoisotopic (exact) mass is 272 g/mol. The smallest absolute Gasteiger partial charge is 0.239 e. The molecule has 0 spiro atoms. The molecule has 0 aliphatic heterocycles. The summed E-state index contributed by atoms with van der Waals surface area (Å²) in [5.41, 5.74) is 8.02. The molecule has 0 saturated heterocycles. The van der Waals surface area contributed by atoms with Gasteiger partial charge in [-0.3, -0.25) is 9.59 Å². The van der Waals surface area contributed by atoms with Gasteiger partial charge in [0, 0.05) is 25.0 Å². The number of amides is 2. The first-order valence-corrected chi connectivity index (χ1v) is 5.85. The van der Waals surface area contributed by atoms with Crippen LogP contribution in [-0.4, -0.2) is 70.2 Å². The summed E-state index contributed by atoms with van der Waals surface area (Å²) in [4.78, 5) is 26.7. The molecule has 0 aliphatic rings. The van der Waals surface area contributed by atoms with E-state index in [1.807, 2.05) is 0 Å². The van der Waals surface area contributed by atoms with Crippen LogP contribution in [0.3, 0.4) is 0 Å². The molecule has 9 nitrogen and oxygen atoms in total. The van der Waals surface area contributed by atoms with Gasteiger partial charge in [0.15, 0.2) is 0 Å². The zero-order chi connectivity index (χ0) is 14.5. The highest BCUT2D eigenvalue weighted by molar-refractivity contribution is 5.85. The lowest BCUT2D eigenvalue weighted by molar-refractivity contribution is -0.134. The zero-order valence-electron chi connectivity index (χ0n) is 11.3. The Morgan fingerprint density at radius 2 is 2.16 bits per heavy atom. The molecule has 2 N–H and O–H groups in total. The minimum absolute atomic E-state index is 0.0131. The number of carbonyl (C=O) groups excluding carboxylic acids is 2. The van der Waals surface area contributed by atoms with E-state index in [1.54, 1.807) is 14.1 Å². The number of nitrogens with zero attached hydrogens (tertiary/aromatic N) is 4. The number of rotatable bonds is 10. The van der Waals surface area contributed by atoms with E-state index < -0.39 is 0 Å². The van der Waals surface area contributed by atoms with Crippen molar-refractivity contribution in [3.8, 4) is 0 Å². The van der Waals surface area contributed by atoms with Crippen LogP contribution in [0.4, 0.5) is 0 Å². The molecule has 9 heteroatoms. The van der Waals surface area contributed by atoms with E-state index in [0.29, 0.717) is 19.8 Å². The van der Waals surface area contributed by atoms with Gasteiger partial charge in [-0.15, -0.1) is 0 Å². The maximum Gasteiger partial charge on any atom is 0.239 e. The minimum atomic E-state index is -0.245. The Kier molecular flexibility index (Phi) is 10.2. The van der Waals surface area contributed by atoms with Crippen molar-refractivity contribution in [1.82, 2.24) is 15.5 Å². The van der Waals surface area contributed by atoms with Gasteiger partial charge in [0.05, 0.1) is 26.3 Å². The largest absolute Gasteiger partial charge is 0.379 e. The number of hydrogen-bond donors (Lipinski definition) is 2. The second-order valence-electron chi connectivity index (χ2n) is 3.70. The highest BCUT2D eigenvalue weighted by Crippen LogP contribution is 1.84. The van der Waals surface area contributed by atoms with Gasteiger partial charge in [0.1, 0.15) is 0 Å². The summed E-state index contributed by atoms with van der Waals surface area (Å²) in [6.07, 6.45) is 0. The molecule has 108 valence electrons. The van der Waals surface area contributed by atoms with Gasteiger partial charge < -0.3 is 20.3 Å². The van der Waals surface area contributed by atoms with Crippen molar-refractivity contribution in [1.29, 1.82) is 0 Å². The maximum atomic E-state index is 11.4. The van der Waals surface area contributed by atoms with Gasteiger partial charge in [-0.1, -0.05) is 5.11 Å². The second-order valence-corrected chi connectivity index (χ2v) is 3.70. The third-order valence-electron chi connectivity index (χ3n) is 2.10. The SMILES string of the molecule is CNCC(=O)N(C)CC(=O)NCCOCCN=[N+]=[N-]. The topological polar surface area (TPSA) is 119 Å². The van der Waals surface area contributed by atoms with Crippen molar-refractivity contribution in [3.63, 3.8) is 0 Å². The molecule has 0 fully saturated rings. The average Bonchev–Trinajstić information content (AvgIpc) is 2.38. The van der Waals surface area contributed by atoms with Crippen molar-refractivity contribution in [2.24, 2.45) is 5.11 Å². The van der Waals surface area contributed by atoms with Crippen LogP contribution in [0.1, 0.15) is 0 Å². The summed E-state index contributed by atoms with van der Waals surface area (Å²) in [7, 11) is 3.23. The molecule has 0 rings (SSSR count). The van der Waals surface area contributed by atoms with Gasteiger partial charge in [-0.05, 0) is 12.6 Å². The summed E-state index contributed by atoms with van der Waals surface area (Å²) >= 11 is 0. The van der Waals surface area contributed by atoms with Crippen LogP contribution >= 0.6 is 0 Å². The Morgan fingerprint density at radius 1 is 1.42 bits per heavy atom. The molecule has 0 unspecified atom stereocenters. The fraction of sp³-hybridized carbons (Fsp3) is 0.800. The number of likely N-dealkylation sites (N-methyl/N-ethyl adjacent to an activating group) is 2. The lowest BCUT2D eigenvalue weighted by Crippen LogP contribution is -2.42. The molecule has 0 aromatic heterocycles. The summed E-state index contributed by atoms with van der Waals surface area (Å²) in [5.74, 6) is -0.395.